The molecule has 27 heavy (non-hydrogen) atoms. The Morgan fingerprint density at radius 3 is 2.30 bits per heavy atom. The maximum absolute atomic E-state index is 12.5. The first kappa shape index (κ1) is 19.4. The van der Waals surface area contributed by atoms with Crippen molar-refractivity contribution in [2.24, 2.45) is 5.41 Å². The van der Waals surface area contributed by atoms with Gasteiger partial charge in [0, 0.05) is 18.0 Å². The van der Waals surface area contributed by atoms with Crippen molar-refractivity contribution >= 4 is 11.5 Å². The molecule has 0 bridgehead atoms. The third-order valence-corrected chi connectivity index (χ3v) is 5.11. The molecule has 1 atom stereocenters. The summed E-state index contributed by atoms with van der Waals surface area (Å²) in [5.74, 6) is 0.0729. The molecule has 1 N–H and O–H groups in total. The normalized spacial score (nSPS) is 18.0. The highest BCUT2D eigenvalue weighted by Gasteiger charge is 2.29. The molecule has 0 radical (unpaired) electrons. The van der Waals surface area contributed by atoms with Crippen LogP contribution in [-0.4, -0.2) is 23.5 Å². The van der Waals surface area contributed by atoms with Crippen molar-refractivity contribution in [3.05, 3.63) is 77.9 Å². The van der Waals surface area contributed by atoms with Gasteiger partial charge in [0.25, 0.3) is 0 Å². The number of hydrogen-bond donors (Lipinski definition) is 1. The summed E-state index contributed by atoms with van der Waals surface area (Å²) < 4.78 is 0. The molecule has 1 heterocycles. The molecule has 1 aliphatic heterocycles. The molecule has 0 aromatic heterocycles. The van der Waals surface area contributed by atoms with E-state index in [-0.39, 0.29) is 11.9 Å². The minimum absolute atomic E-state index is 0.0729. The highest BCUT2D eigenvalue weighted by molar-refractivity contribution is 5.81. The molecule has 3 nitrogen and oxygen atoms in total. The first-order valence-electron chi connectivity index (χ1n) is 9.79. The van der Waals surface area contributed by atoms with E-state index in [9.17, 15) is 4.79 Å². The van der Waals surface area contributed by atoms with Gasteiger partial charge in [-0.25, -0.2) is 5.01 Å². The zero-order valence-electron chi connectivity index (χ0n) is 16.6. The quantitative estimate of drug-likeness (QED) is 0.824. The first-order chi connectivity index (χ1) is 12.9. The van der Waals surface area contributed by atoms with Crippen LogP contribution in [0.5, 0.6) is 0 Å². The Morgan fingerprint density at radius 2 is 1.67 bits per heavy atom. The third-order valence-electron chi connectivity index (χ3n) is 5.11. The number of hydrazine groups is 1. The number of benzene rings is 2. The van der Waals surface area contributed by atoms with Crippen LogP contribution < -0.4 is 5.43 Å². The topological polar surface area (TPSA) is 32.3 Å². The molecule has 0 unspecified atom stereocenters. The molecule has 0 aliphatic carbocycles. The Morgan fingerprint density at radius 1 is 1.04 bits per heavy atom. The Balaban J connectivity index is 1.75. The predicted octanol–water partition coefficient (Wildman–Crippen LogP) is 4.85. The molecular formula is C24H30N2O. The largest absolute Gasteiger partial charge is 0.288 e. The van der Waals surface area contributed by atoms with Crippen LogP contribution in [0.2, 0.25) is 0 Å². The van der Waals surface area contributed by atoms with Crippen LogP contribution in [-0.2, 0) is 11.2 Å². The second kappa shape index (κ2) is 8.53. The highest BCUT2D eigenvalue weighted by Crippen LogP contribution is 2.28. The number of aryl methyl sites for hydroxylation is 1. The van der Waals surface area contributed by atoms with Crippen LogP contribution in [0.25, 0.3) is 5.57 Å². The van der Waals surface area contributed by atoms with Gasteiger partial charge in [-0.15, -0.1) is 0 Å². The van der Waals surface area contributed by atoms with Crippen molar-refractivity contribution in [2.45, 2.75) is 46.1 Å². The van der Waals surface area contributed by atoms with E-state index in [0.717, 1.165) is 25.8 Å². The fraction of sp³-hybridized carbons (Fsp3) is 0.375. The second-order valence-electron chi connectivity index (χ2n) is 8.32. The fourth-order valence-corrected chi connectivity index (χ4v) is 3.36. The van der Waals surface area contributed by atoms with Gasteiger partial charge in [-0.1, -0.05) is 87.5 Å². The first-order valence-corrected chi connectivity index (χ1v) is 9.79. The van der Waals surface area contributed by atoms with Gasteiger partial charge in [-0.05, 0) is 36.0 Å². The van der Waals surface area contributed by atoms with Crippen molar-refractivity contribution in [3.63, 3.8) is 0 Å². The Hall–Kier alpha value is -2.39. The Labute approximate surface area is 163 Å². The lowest BCUT2D eigenvalue weighted by atomic mass is 9.91. The van der Waals surface area contributed by atoms with E-state index in [1.807, 2.05) is 20.8 Å². The molecule has 2 aromatic rings. The smallest absolute Gasteiger partial charge is 0.239 e. The SMILES string of the molecule is CC(C)(C)C(=O)NN1CC=C(c2ccccc2)C[C@H]1CCc1ccccc1. The summed E-state index contributed by atoms with van der Waals surface area (Å²) in [7, 11) is 0. The van der Waals surface area contributed by atoms with Gasteiger partial charge in [-0.2, -0.15) is 0 Å². The zero-order valence-corrected chi connectivity index (χ0v) is 16.6. The lowest BCUT2D eigenvalue weighted by molar-refractivity contribution is -0.134. The summed E-state index contributed by atoms with van der Waals surface area (Å²) in [6.45, 7) is 6.61. The molecule has 3 heteroatoms. The van der Waals surface area contributed by atoms with Crippen LogP contribution >= 0.6 is 0 Å². The van der Waals surface area contributed by atoms with Gasteiger partial charge in [0.2, 0.25) is 5.91 Å². The number of nitrogens with zero attached hydrogens (tertiary/aromatic N) is 1. The minimum Gasteiger partial charge on any atom is -0.288 e. The lowest BCUT2D eigenvalue weighted by Crippen LogP contribution is -2.53. The molecule has 0 fully saturated rings. The molecular weight excluding hydrogens is 332 g/mol. The van der Waals surface area contributed by atoms with E-state index >= 15 is 0 Å². The summed E-state index contributed by atoms with van der Waals surface area (Å²) in [6.07, 6.45) is 5.21. The average Bonchev–Trinajstić information content (AvgIpc) is 2.68. The van der Waals surface area contributed by atoms with E-state index in [1.165, 1.54) is 16.7 Å². The molecule has 142 valence electrons. The number of amides is 1. The number of carbonyl (C=O) groups excluding carboxylic acids is 1. The lowest BCUT2D eigenvalue weighted by Gasteiger charge is -2.37. The summed E-state index contributed by atoms with van der Waals surface area (Å²) in [4.78, 5) is 12.5. The monoisotopic (exact) mass is 362 g/mol. The Bertz CT molecular complexity index is 775. The number of carbonyl (C=O) groups is 1. The van der Waals surface area contributed by atoms with Crippen molar-refractivity contribution in [1.82, 2.24) is 10.4 Å². The van der Waals surface area contributed by atoms with Gasteiger partial charge in [0.1, 0.15) is 0 Å². The molecule has 1 amide bonds. The summed E-state index contributed by atoms with van der Waals surface area (Å²) in [5, 5.41) is 2.13. The van der Waals surface area contributed by atoms with Crippen LogP contribution in [0.3, 0.4) is 0 Å². The standard InChI is InChI=1S/C24H30N2O/c1-24(2,3)23(27)25-26-17-16-21(20-12-8-5-9-13-20)18-22(26)15-14-19-10-6-4-7-11-19/h4-13,16,22H,14-15,17-18H2,1-3H3,(H,25,27)/t22-/m1/s1. The van der Waals surface area contributed by atoms with Gasteiger partial charge in [0.05, 0.1) is 0 Å². The van der Waals surface area contributed by atoms with E-state index in [4.69, 9.17) is 0 Å². The minimum atomic E-state index is -0.395. The van der Waals surface area contributed by atoms with Gasteiger partial charge in [0.15, 0.2) is 0 Å². The average molecular weight is 363 g/mol. The highest BCUT2D eigenvalue weighted by atomic mass is 16.2. The summed E-state index contributed by atoms with van der Waals surface area (Å²) in [5.41, 5.74) is 6.77. The number of hydrogen-bond acceptors (Lipinski definition) is 2. The zero-order chi connectivity index (χ0) is 19.3. The molecule has 0 saturated carbocycles. The molecule has 0 saturated heterocycles. The second-order valence-corrected chi connectivity index (χ2v) is 8.32. The predicted molar refractivity (Wildman–Crippen MR) is 112 cm³/mol. The van der Waals surface area contributed by atoms with Gasteiger partial charge < -0.3 is 0 Å². The van der Waals surface area contributed by atoms with E-state index in [2.05, 4.69) is 77.2 Å². The van der Waals surface area contributed by atoms with E-state index < -0.39 is 5.41 Å². The molecule has 1 aliphatic rings. The van der Waals surface area contributed by atoms with Crippen molar-refractivity contribution in [2.75, 3.05) is 6.54 Å². The Kier molecular flexibility index (Phi) is 6.12. The van der Waals surface area contributed by atoms with Crippen LogP contribution in [0.15, 0.2) is 66.7 Å². The van der Waals surface area contributed by atoms with Crippen LogP contribution in [0.4, 0.5) is 0 Å². The summed E-state index contributed by atoms with van der Waals surface area (Å²) >= 11 is 0. The number of nitrogens with one attached hydrogen (secondary N) is 1. The van der Waals surface area contributed by atoms with Crippen LogP contribution in [0.1, 0.15) is 44.7 Å². The van der Waals surface area contributed by atoms with Gasteiger partial charge >= 0.3 is 0 Å². The van der Waals surface area contributed by atoms with Gasteiger partial charge in [-0.3, -0.25) is 10.2 Å². The van der Waals surface area contributed by atoms with Crippen molar-refractivity contribution in [3.8, 4) is 0 Å². The maximum Gasteiger partial charge on any atom is 0.239 e. The van der Waals surface area contributed by atoms with Crippen molar-refractivity contribution in [1.29, 1.82) is 0 Å². The fourth-order valence-electron chi connectivity index (χ4n) is 3.36. The maximum atomic E-state index is 12.5. The number of rotatable bonds is 5. The summed E-state index contributed by atoms with van der Waals surface area (Å²) in [6, 6.07) is 21.4. The molecule has 0 spiro atoms. The van der Waals surface area contributed by atoms with Crippen molar-refractivity contribution < 1.29 is 4.79 Å². The molecule has 2 aromatic carbocycles. The van der Waals surface area contributed by atoms with E-state index in [1.54, 1.807) is 0 Å². The third kappa shape index (κ3) is 5.30. The van der Waals surface area contributed by atoms with Crippen LogP contribution in [0, 0.1) is 5.41 Å². The molecule has 3 rings (SSSR count). The van der Waals surface area contributed by atoms with E-state index in [0.29, 0.717) is 0 Å².